The Morgan fingerprint density at radius 2 is 2.00 bits per heavy atom. The number of Topliss-reactive ketones (excluding diaryl/α,β-unsaturated/α-hetero) is 1. The molecule has 0 unspecified atom stereocenters. The maximum atomic E-state index is 11.3. The van der Waals surface area contributed by atoms with Crippen LogP contribution in [0.1, 0.15) is 25.6 Å². The molecule has 1 aromatic heterocycles. The second kappa shape index (κ2) is 2.88. The Morgan fingerprint density at radius 1 is 1.29 bits per heavy atom. The highest BCUT2D eigenvalue weighted by Gasteiger charge is 2.28. The van der Waals surface area contributed by atoms with Crippen LogP contribution in [0.4, 0.5) is 0 Å². The highest BCUT2D eigenvalue weighted by Crippen LogP contribution is 2.27. The van der Waals surface area contributed by atoms with E-state index in [4.69, 9.17) is 5.11 Å². The minimum atomic E-state index is -1.18. The first-order valence-corrected chi connectivity index (χ1v) is 4.60. The molecule has 2 rings (SSSR count). The van der Waals surface area contributed by atoms with E-state index in [0.29, 0.717) is 4.88 Å². The molecule has 4 nitrogen and oxygen atoms in total. The number of carbonyl (C=O) groups excluding carboxylic acids is 2. The van der Waals surface area contributed by atoms with Gasteiger partial charge in [0.25, 0.3) is 0 Å². The molecule has 1 N–H and O–H groups in total. The van der Waals surface area contributed by atoms with Crippen molar-refractivity contribution >= 4 is 34.9 Å². The first kappa shape index (κ1) is 8.83. The lowest BCUT2D eigenvalue weighted by atomic mass is 9.99. The zero-order valence-electron chi connectivity index (χ0n) is 6.81. The standard InChI is InChI=1S/C9H4O4S/c10-5-1-2-6-7(8(5)11)4(3-14-6)9(12)13/h1-3H,(H,12,13). The fourth-order valence-corrected chi connectivity index (χ4v) is 2.17. The topological polar surface area (TPSA) is 71.4 Å². The van der Waals surface area contributed by atoms with E-state index in [2.05, 4.69) is 0 Å². The molecular formula is C9H4O4S. The van der Waals surface area contributed by atoms with Crippen molar-refractivity contribution in [2.45, 2.75) is 0 Å². The van der Waals surface area contributed by atoms with Crippen LogP contribution in [-0.2, 0) is 4.79 Å². The summed E-state index contributed by atoms with van der Waals surface area (Å²) in [6.07, 6.45) is 2.63. The number of carboxylic acids is 1. The van der Waals surface area contributed by atoms with Gasteiger partial charge < -0.3 is 5.11 Å². The molecule has 0 amide bonds. The van der Waals surface area contributed by atoms with Gasteiger partial charge in [-0.05, 0) is 12.2 Å². The number of thiophene rings is 1. The largest absolute Gasteiger partial charge is 0.478 e. The van der Waals surface area contributed by atoms with E-state index < -0.39 is 17.5 Å². The Labute approximate surface area is 82.5 Å². The number of aromatic carboxylic acids is 1. The van der Waals surface area contributed by atoms with E-state index >= 15 is 0 Å². The predicted octanol–water partition coefficient (Wildman–Crippen LogP) is 1.22. The zero-order valence-corrected chi connectivity index (χ0v) is 7.63. The van der Waals surface area contributed by atoms with Gasteiger partial charge in [0, 0.05) is 10.3 Å². The molecule has 1 aliphatic carbocycles. The van der Waals surface area contributed by atoms with E-state index in [1.165, 1.54) is 11.5 Å². The minimum Gasteiger partial charge on any atom is -0.478 e. The molecule has 0 fully saturated rings. The van der Waals surface area contributed by atoms with Crippen molar-refractivity contribution in [2.75, 3.05) is 0 Å². The van der Waals surface area contributed by atoms with Gasteiger partial charge in [-0.1, -0.05) is 0 Å². The number of rotatable bonds is 1. The van der Waals surface area contributed by atoms with Gasteiger partial charge in [0.05, 0.1) is 11.1 Å². The molecule has 1 aliphatic rings. The van der Waals surface area contributed by atoms with Crippen LogP contribution < -0.4 is 0 Å². The van der Waals surface area contributed by atoms with Crippen molar-refractivity contribution in [2.24, 2.45) is 0 Å². The van der Waals surface area contributed by atoms with Crippen LogP contribution in [-0.4, -0.2) is 22.6 Å². The van der Waals surface area contributed by atoms with Crippen LogP contribution in [0.3, 0.4) is 0 Å². The molecule has 0 radical (unpaired) electrons. The Bertz CT molecular complexity index is 481. The second-order valence-electron chi connectivity index (χ2n) is 2.72. The summed E-state index contributed by atoms with van der Waals surface area (Å²) >= 11 is 1.15. The number of carbonyl (C=O) groups is 3. The van der Waals surface area contributed by atoms with Gasteiger partial charge in [0.15, 0.2) is 0 Å². The normalized spacial score (nSPS) is 14.3. The van der Waals surface area contributed by atoms with Crippen molar-refractivity contribution in [1.29, 1.82) is 0 Å². The smallest absolute Gasteiger partial charge is 0.337 e. The van der Waals surface area contributed by atoms with Crippen molar-refractivity contribution in [3.8, 4) is 0 Å². The number of hydrogen-bond donors (Lipinski definition) is 1. The number of allylic oxidation sites excluding steroid dienone is 1. The molecular weight excluding hydrogens is 204 g/mol. The van der Waals surface area contributed by atoms with E-state index in [-0.39, 0.29) is 11.1 Å². The van der Waals surface area contributed by atoms with Crippen molar-refractivity contribution in [1.82, 2.24) is 0 Å². The Morgan fingerprint density at radius 3 is 2.64 bits per heavy atom. The summed E-state index contributed by atoms with van der Waals surface area (Å²) in [5.74, 6) is -2.58. The van der Waals surface area contributed by atoms with Crippen LogP contribution in [0, 0.1) is 0 Å². The Kier molecular flexibility index (Phi) is 1.82. The number of carboxylic acid groups (broad SMARTS) is 1. The summed E-state index contributed by atoms with van der Waals surface area (Å²) in [5, 5.41) is 10.1. The fraction of sp³-hybridized carbons (Fsp3) is 0. The Balaban J connectivity index is 2.68. The average Bonchev–Trinajstić information content (AvgIpc) is 2.55. The summed E-state index contributed by atoms with van der Waals surface area (Å²) in [5.41, 5.74) is -0.0669. The van der Waals surface area contributed by atoms with Gasteiger partial charge >= 0.3 is 5.97 Å². The molecule has 0 saturated heterocycles. The van der Waals surface area contributed by atoms with E-state index in [0.717, 1.165) is 17.4 Å². The summed E-state index contributed by atoms with van der Waals surface area (Å²) in [4.78, 5) is 33.6. The average molecular weight is 208 g/mol. The summed E-state index contributed by atoms with van der Waals surface area (Å²) in [6.45, 7) is 0. The number of ketones is 2. The van der Waals surface area contributed by atoms with Crippen molar-refractivity contribution in [3.63, 3.8) is 0 Å². The maximum absolute atomic E-state index is 11.3. The molecule has 0 aromatic carbocycles. The van der Waals surface area contributed by atoms with Gasteiger partial charge in [-0.2, -0.15) is 0 Å². The van der Waals surface area contributed by atoms with Gasteiger partial charge in [-0.25, -0.2) is 4.79 Å². The van der Waals surface area contributed by atoms with Gasteiger partial charge in [0.1, 0.15) is 0 Å². The third-order valence-electron chi connectivity index (χ3n) is 1.89. The van der Waals surface area contributed by atoms with Crippen LogP contribution in [0.5, 0.6) is 0 Å². The SMILES string of the molecule is O=C1C=Cc2scc(C(=O)O)c2C1=O. The monoisotopic (exact) mass is 208 g/mol. The van der Waals surface area contributed by atoms with Gasteiger partial charge in [0.2, 0.25) is 11.6 Å². The first-order valence-electron chi connectivity index (χ1n) is 3.73. The number of fused-ring (bicyclic) bond motifs is 1. The molecule has 1 heterocycles. The molecule has 14 heavy (non-hydrogen) atoms. The third-order valence-corrected chi connectivity index (χ3v) is 2.83. The fourth-order valence-electron chi connectivity index (χ4n) is 1.24. The lowest BCUT2D eigenvalue weighted by Crippen LogP contribution is -2.17. The van der Waals surface area contributed by atoms with E-state index in [1.54, 1.807) is 0 Å². The molecule has 0 aliphatic heterocycles. The molecule has 0 bridgehead atoms. The quantitative estimate of drug-likeness (QED) is 0.704. The molecule has 0 atom stereocenters. The third kappa shape index (κ3) is 1.10. The number of hydrogen-bond acceptors (Lipinski definition) is 4. The minimum absolute atomic E-state index is 0.0231. The molecule has 1 aromatic rings. The van der Waals surface area contributed by atoms with Crippen LogP contribution in [0.2, 0.25) is 0 Å². The Hall–Kier alpha value is -1.75. The lowest BCUT2D eigenvalue weighted by molar-refractivity contribution is -0.110. The van der Waals surface area contributed by atoms with Crippen molar-refractivity contribution < 1.29 is 19.5 Å². The second-order valence-corrected chi connectivity index (χ2v) is 3.63. The summed E-state index contributed by atoms with van der Waals surface area (Å²) < 4.78 is 0. The molecule has 70 valence electrons. The molecule has 5 heteroatoms. The summed E-state index contributed by atoms with van der Waals surface area (Å²) in [6, 6.07) is 0. The predicted molar refractivity (Wildman–Crippen MR) is 49.6 cm³/mol. The van der Waals surface area contributed by atoms with Crippen LogP contribution in [0.25, 0.3) is 6.08 Å². The van der Waals surface area contributed by atoms with E-state index in [9.17, 15) is 14.4 Å². The molecule has 0 saturated carbocycles. The zero-order chi connectivity index (χ0) is 10.3. The lowest BCUT2D eigenvalue weighted by Gasteiger charge is -2.03. The van der Waals surface area contributed by atoms with Gasteiger partial charge in [-0.15, -0.1) is 11.3 Å². The molecule has 0 spiro atoms. The maximum Gasteiger partial charge on any atom is 0.337 e. The van der Waals surface area contributed by atoms with Crippen molar-refractivity contribution in [3.05, 3.63) is 27.5 Å². The first-order chi connectivity index (χ1) is 6.61. The summed E-state index contributed by atoms with van der Waals surface area (Å²) in [7, 11) is 0. The van der Waals surface area contributed by atoms with E-state index in [1.807, 2.05) is 0 Å². The highest BCUT2D eigenvalue weighted by atomic mass is 32.1. The van der Waals surface area contributed by atoms with Gasteiger partial charge in [-0.3, -0.25) is 9.59 Å². The highest BCUT2D eigenvalue weighted by molar-refractivity contribution is 7.12. The van der Waals surface area contributed by atoms with Crippen LogP contribution >= 0.6 is 11.3 Å². The van der Waals surface area contributed by atoms with Crippen LogP contribution in [0.15, 0.2) is 11.5 Å².